The van der Waals surface area contributed by atoms with Crippen molar-refractivity contribution in [2.24, 2.45) is 0 Å². The Labute approximate surface area is 109 Å². The first-order valence-corrected chi connectivity index (χ1v) is 7.70. The molecule has 1 nitrogen and oxygen atoms in total. The zero-order valence-corrected chi connectivity index (χ0v) is 12.1. The van der Waals surface area contributed by atoms with Crippen molar-refractivity contribution in [3.8, 4) is 0 Å². The van der Waals surface area contributed by atoms with E-state index in [-0.39, 0.29) is 0 Å². The molecule has 17 heavy (non-hydrogen) atoms. The van der Waals surface area contributed by atoms with Crippen LogP contribution in [-0.4, -0.2) is 13.1 Å². The van der Waals surface area contributed by atoms with Crippen LogP contribution in [0.2, 0.25) is 0 Å². The van der Waals surface area contributed by atoms with Crippen molar-refractivity contribution in [1.29, 1.82) is 0 Å². The molecular formula is C16H32N. The van der Waals surface area contributed by atoms with E-state index >= 15 is 0 Å². The van der Waals surface area contributed by atoms with Crippen LogP contribution in [0.15, 0.2) is 12.2 Å². The summed E-state index contributed by atoms with van der Waals surface area (Å²) in [5.74, 6) is 0. The third-order valence-electron chi connectivity index (χ3n) is 3.00. The van der Waals surface area contributed by atoms with Gasteiger partial charge in [-0.25, -0.2) is 5.32 Å². The molecule has 0 atom stereocenters. The third-order valence-corrected chi connectivity index (χ3v) is 3.00. The van der Waals surface area contributed by atoms with Crippen LogP contribution in [0.5, 0.6) is 0 Å². The van der Waals surface area contributed by atoms with Crippen molar-refractivity contribution in [3.05, 3.63) is 12.2 Å². The lowest BCUT2D eigenvalue weighted by atomic mass is 10.1. The molecule has 0 aliphatic rings. The molecule has 1 heteroatoms. The van der Waals surface area contributed by atoms with Gasteiger partial charge in [0.05, 0.1) is 0 Å². The highest BCUT2D eigenvalue weighted by atomic mass is 14.8. The molecule has 0 aromatic rings. The molecule has 101 valence electrons. The van der Waals surface area contributed by atoms with Crippen molar-refractivity contribution < 1.29 is 0 Å². The molecule has 1 radical (unpaired) electrons. The summed E-state index contributed by atoms with van der Waals surface area (Å²) in [6.07, 6.45) is 17.8. The molecule has 0 N–H and O–H groups in total. The van der Waals surface area contributed by atoms with E-state index in [1.807, 2.05) is 0 Å². The fraction of sp³-hybridized carbons (Fsp3) is 0.875. The Morgan fingerprint density at radius 3 is 1.88 bits per heavy atom. The molecule has 0 aliphatic carbocycles. The van der Waals surface area contributed by atoms with E-state index < -0.39 is 0 Å². The summed E-state index contributed by atoms with van der Waals surface area (Å²) in [7, 11) is 0. The first-order valence-electron chi connectivity index (χ1n) is 7.70. The SMILES string of the molecule is CCCCC=CCCCCC[N]CCCCC. The molecule has 0 aromatic carbocycles. The number of hydrogen-bond acceptors (Lipinski definition) is 0. The molecule has 0 aromatic heterocycles. The molecular weight excluding hydrogens is 206 g/mol. The highest BCUT2D eigenvalue weighted by Gasteiger charge is 1.90. The highest BCUT2D eigenvalue weighted by Crippen LogP contribution is 2.02. The molecule has 0 rings (SSSR count). The van der Waals surface area contributed by atoms with Gasteiger partial charge in [-0.3, -0.25) is 0 Å². The van der Waals surface area contributed by atoms with Gasteiger partial charge in [-0.05, 0) is 32.1 Å². The van der Waals surface area contributed by atoms with E-state index in [4.69, 9.17) is 0 Å². The molecule has 0 saturated carbocycles. The van der Waals surface area contributed by atoms with E-state index in [0.717, 1.165) is 13.1 Å². The van der Waals surface area contributed by atoms with Crippen molar-refractivity contribution in [3.63, 3.8) is 0 Å². The number of unbranched alkanes of at least 4 members (excludes halogenated alkanes) is 7. The second-order valence-corrected chi connectivity index (χ2v) is 4.84. The fourth-order valence-corrected chi connectivity index (χ4v) is 1.81. The molecule has 0 bridgehead atoms. The Bertz CT molecular complexity index is 152. The summed E-state index contributed by atoms with van der Waals surface area (Å²) in [6.45, 7) is 6.67. The standard InChI is InChI=1S/C16H32N/c1-3-5-7-8-9-10-11-12-14-16-17-15-13-6-4-2/h8-9H,3-7,10-16H2,1-2H3. The van der Waals surface area contributed by atoms with Gasteiger partial charge in [-0.1, -0.05) is 58.1 Å². The summed E-state index contributed by atoms with van der Waals surface area (Å²) in [5, 5.41) is 4.55. The first-order chi connectivity index (χ1) is 8.41. The van der Waals surface area contributed by atoms with Gasteiger partial charge in [0.1, 0.15) is 0 Å². The predicted molar refractivity (Wildman–Crippen MR) is 78.5 cm³/mol. The predicted octanol–water partition coefficient (Wildman–Crippen LogP) is 5.09. The molecule has 0 heterocycles. The van der Waals surface area contributed by atoms with Gasteiger partial charge in [0, 0.05) is 13.1 Å². The Morgan fingerprint density at radius 1 is 0.647 bits per heavy atom. The maximum atomic E-state index is 4.55. The molecule has 0 unspecified atom stereocenters. The largest absolute Gasteiger partial charge is 0.242 e. The Hall–Kier alpha value is -0.300. The van der Waals surface area contributed by atoms with Gasteiger partial charge in [-0.15, -0.1) is 0 Å². The maximum absolute atomic E-state index is 4.55. The Kier molecular flexibility index (Phi) is 15.4. The van der Waals surface area contributed by atoms with Crippen LogP contribution in [0.4, 0.5) is 0 Å². The van der Waals surface area contributed by atoms with Crippen molar-refractivity contribution in [2.75, 3.05) is 13.1 Å². The summed E-state index contributed by atoms with van der Waals surface area (Å²) < 4.78 is 0. The lowest BCUT2D eigenvalue weighted by Gasteiger charge is -2.01. The van der Waals surface area contributed by atoms with E-state index in [9.17, 15) is 0 Å². The van der Waals surface area contributed by atoms with Crippen LogP contribution in [-0.2, 0) is 0 Å². The topological polar surface area (TPSA) is 14.1 Å². The van der Waals surface area contributed by atoms with Crippen LogP contribution < -0.4 is 5.32 Å². The minimum atomic E-state index is 1.09. The minimum absolute atomic E-state index is 1.09. The fourth-order valence-electron chi connectivity index (χ4n) is 1.81. The molecule has 0 saturated heterocycles. The van der Waals surface area contributed by atoms with Gasteiger partial charge >= 0.3 is 0 Å². The number of rotatable bonds is 13. The summed E-state index contributed by atoms with van der Waals surface area (Å²) in [6, 6.07) is 0. The zero-order chi connectivity index (χ0) is 12.6. The molecule has 0 amide bonds. The second-order valence-electron chi connectivity index (χ2n) is 4.84. The minimum Gasteiger partial charge on any atom is -0.242 e. The van der Waals surface area contributed by atoms with Crippen LogP contribution in [0.3, 0.4) is 0 Å². The van der Waals surface area contributed by atoms with Crippen molar-refractivity contribution in [1.82, 2.24) is 5.32 Å². The Balaban J connectivity index is 2.96. The highest BCUT2D eigenvalue weighted by molar-refractivity contribution is 4.81. The second kappa shape index (κ2) is 15.7. The lowest BCUT2D eigenvalue weighted by molar-refractivity contribution is 0.568. The smallest absolute Gasteiger partial charge is 0.0133 e. The van der Waals surface area contributed by atoms with Crippen molar-refractivity contribution in [2.45, 2.75) is 78.1 Å². The van der Waals surface area contributed by atoms with Crippen LogP contribution in [0.25, 0.3) is 0 Å². The van der Waals surface area contributed by atoms with E-state index in [0.29, 0.717) is 0 Å². The monoisotopic (exact) mass is 238 g/mol. The van der Waals surface area contributed by atoms with E-state index in [1.54, 1.807) is 0 Å². The third kappa shape index (κ3) is 15.7. The van der Waals surface area contributed by atoms with E-state index in [1.165, 1.54) is 64.2 Å². The van der Waals surface area contributed by atoms with Gasteiger partial charge in [-0.2, -0.15) is 0 Å². The summed E-state index contributed by atoms with van der Waals surface area (Å²) >= 11 is 0. The average molecular weight is 238 g/mol. The van der Waals surface area contributed by atoms with Crippen LogP contribution in [0, 0.1) is 0 Å². The maximum Gasteiger partial charge on any atom is 0.0133 e. The quantitative estimate of drug-likeness (QED) is 0.313. The van der Waals surface area contributed by atoms with Gasteiger partial charge in [0.15, 0.2) is 0 Å². The van der Waals surface area contributed by atoms with Gasteiger partial charge in [0.2, 0.25) is 0 Å². The number of hydrogen-bond donors (Lipinski definition) is 0. The summed E-state index contributed by atoms with van der Waals surface area (Å²) in [4.78, 5) is 0. The average Bonchev–Trinajstić information content (AvgIpc) is 2.35. The molecule has 0 aliphatic heterocycles. The normalized spacial score (nSPS) is 11.4. The number of nitrogens with zero attached hydrogens (tertiary/aromatic N) is 1. The van der Waals surface area contributed by atoms with E-state index in [2.05, 4.69) is 31.3 Å². The zero-order valence-electron chi connectivity index (χ0n) is 12.1. The van der Waals surface area contributed by atoms with Crippen LogP contribution >= 0.6 is 0 Å². The van der Waals surface area contributed by atoms with Crippen LogP contribution in [0.1, 0.15) is 78.1 Å². The molecule has 0 fully saturated rings. The number of allylic oxidation sites excluding steroid dienone is 2. The summed E-state index contributed by atoms with van der Waals surface area (Å²) in [5.41, 5.74) is 0. The van der Waals surface area contributed by atoms with Gasteiger partial charge < -0.3 is 0 Å². The van der Waals surface area contributed by atoms with Crippen molar-refractivity contribution >= 4 is 0 Å². The van der Waals surface area contributed by atoms with Gasteiger partial charge in [0.25, 0.3) is 0 Å². The Morgan fingerprint density at radius 2 is 1.24 bits per heavy atom. The lowest BCUT2D eigenvalue weighted by Crippen LogP contribution is -2.08. The molecule has 0 spiro atoms. The first kappa shape index (κ1) is 16.7.